The van der Waals surface area contributed by atoms with Gasteiger partial charge in [0.05, 0.1) is 12.7 Å². The van der Waals surface area contributed by atoms with Gasteiger partial charge in [0.15, 0.2) is 0 Å². The molecule has 0 bridgehead atoms. The smallest absolute Gasteiger partial charge is 0.305 e. The molecule has 0 aliphatic heterocycles. The van der Waals surface area contributed by atoms with E-state index in [-0.39, 0.29) is 12.1 Å². The van der Waals surface area contributed by atoms with Crippen molar-refractivity contribution in [2.75, 3.05) is 6.61 Å². The van der Waals surface area contributed by atoms with Gasteiger partial charge in [-0.2, -0.15) is 0 Å². The zero-order valence-electron chi connectivity index (χ0n) is 25.0. The lowest BCUT2D eigenvalue weighted by molar-refractivity contribution is -0.144. The number of hydrogen-bond donors (Lipinski definition) is 1. The van der Waals surface area contributed by atoms with Crippen molar-refractivity contribution in [3.63, 3.8) is 0 Å². The van der Waals surface area contributed by atoms with E-state index in [0.717, 1.165) is 44.4 Å². The molecule has 0 fully saturated rings. The summed E-state index contributed by atoms with van der Waals surface area (Å²) in [4.78, 5) is 12.1. The molecule has 0 aromatic heterocycles. The van der Waals surface area contributed by atoms with E-state index in [1.54, 1.807) is 0 Å². The van der Waals surface area contributed by atoms with Gasteiger partial charge in [0.2, 0.25) is 0 Å². The summed E-state index contributed by atoms with van der Waals surface area (Å²) in [6, 6.07) is 0. The molecule has 1 N–H and O–H groups in total. The first-order valence-corrected chi connectivity index (χ1v) is 16.5. The van der Waals surface area contributed by atoms with Crippen LogP contribution in [-0.4, -0.2) is 23.8 Å². The summed E-state index contributed by atoms with van der Waals surface area (Å²) in [5.41, 5.74) is 0. The number of aliphatic hydroxyl groups excluding tert-OH is 1. The largest absolute Gasteiger partial charge is 0.466 e. The van der Waals surface area contributed by atoms with Crippen molar-refractivity contribution in [3.8, 4) is 0 Å². The molecule has 1 atom stereocenters. The fraction of sp³-hybridized carbons (Fsp3) is 0.970. The monoisotopic (exact) mass is 511 g/mol. The number of ether oxygens (including phenoxy) is 1. The van der Waals surface area contributed by atoms with Crippen molar-refractivity contribution in [1.29, 1.82) is 0 Å². The van der Waals surface area contributed by atoms with Gasteiger partial charge >= 0.3 is 5.97 Å². The van der Waals surface area contributed by atoms with Gasteiger partial charge < -0.3 is 9.84 Å². The van der Waals surface area contributed by atoms with Gasteiger partial charge in [0.1, 0.15) is 0 Å². The molecule has 216 valence electrons. The van der Waals surface area contributed by atoms with E-state index in [1.807, 2.05) is 0 Å². The predicted octanol–water partition coefficient (Wildman–Crippen LogP) is 10.7. The first kappa shape index (κ1) is 35.4. The molecule has 0 radical (unpaired) electrons. The van der Waals surface area contributed by atoms with Gasteiger partial charge in [-0.3, -0.25) is 4.79 Å². The Morgan fingerprint density at radius 2 is 0.917 bits per heavy atom. The summed E-state index contributed by atoms with van der Waals surface area (Å²) in [6.07, 6.45) is 31.4. The summed E-state index contributed by atoms with van der Waals surface area (Å²) >= 11 is 0. The minimum absolute atomic E-state index is 0.0487. The highest BCUT2D eigenvalue weighted by molar-refractivity contribution is 5.69. The molecule has 0 saturated carbocycles. The quantitative estimate of drug-likeness (QED) is 0.0803. The molecule has 0 aliphatic carbocycles. The van der Waals surface area contributed by atoms with Gasteiger partial charge in [-0.1, -0.05) is 149 Å². The average molecular weight is 511 g/mol. The Hall–Kier alpha value is -0.570. The number of carbonyl (C=O) groups excluding carboxylic acids is 1. The van der Waals surface area contributed by atoms with Gasteiger partial charge in [-0.15, -0.1) is 0 Å². The lowest BCUT2D eigenvalue weighted by Gasteiger charge is -2.17. The number of esters is 1. The zero-order valence-corrected chi connectivity index (χ0v) is 25.0. The van der Waals surface area contributed by atoms with Gasteiger partial charge in [-0.05, 0) is 38.0 Å². The van der Waals surface area contributed by atoms with Gasteiger partial charge in [0.25, 0.3) is 0 Å². The molecule has 36 heavy (non-hydrogen) atoms. The molecule has 0 heterocycles. The van der Waals surface area contributed by atoms with Crippen LogP contribution in [0.4, 0.5) is 0 Å². The van der Waals surface area contributed by atoms with E-state index in [9.17, 15) is 9.90 Å². The van der Waals surface area contributed by atoms with E-state index in [1.165, 1.54) is 122 Å². The number of carbonyl (C=O) groups is 1. The minimum Gasteiger partial charge on any atom is -0.466 e. The molecule has 0 rings (SSSR count). The van der Waals surface area contributed by atoms with Gasteiger partial charge in [-0.25, -0.2) is 0 Å². The van der Waals surface area contributed by atoms with E-state index in [4.69, 9.17) is 4.74 Å². The fourth-order valence-corrected chi connectivity index (χ4v) is 5.27. The molecule has 0 aromatic carbocycles. The highest BCUT2D eigenvalue weighted by Crippen LogP contribution is 2.23. The van der Waals surface area contributed by atoms with Gasteiger partial charge in [0, 0.05) is 6.42 Å². The van der Waals surface area contributed by atoms with Crippen LogP contribution in [0.5, 0.6) is 0 Å². The maximum atomic E-state index is 12.1. The summed E-state index contributed by atoms with van der Waals surface area (Å²) in [5.74, 6) is 0.761. The Balaban J connectivity index is 3.90. The summed E-state index contributed by atoms with van der Waals surface area (Å²) in [7, 11) is 0. The summed E-state index contributed by atoms with van der Waals surface area (Å²) in [6.45, 7) is 7.38. The fourth-order valence-electron chi connectivity index (χ4n) is 5.27. The molecule has 0 spiro atoms. The third-order valence-electron chi connectivity index (χ3n) is 7.76. The second-order valence-electron chi connectivity index (χ2n) is 11.4. The number of hydrogen-bond acceptors (Lipinski definition) is 3. The third-order valence-corrected chi connectivity index (χ3v) is 7.76. The Bertz CT molecular complexity index is 421. The zero-order chi connectivity index (χ0) is 26.5. The van der Waals surface area contributed by atoms with E-state index < -0.39 is 0 Å². The van der Waals surface area contributed by atoms with Crippen LogP contribution in [0.2, 0.25) is 0 Å². The number of rotatable bonds is 29. The van der Waals surface area contributed by atoms with Crippen molar-refractivity contribution in [2.45, 2.75) is 194 Å². The molecule has 0 aromatic rings. The predicted molar refractivity (Wildman–Crippen MR) is 158 cm³/mol. The van der Waals surface area contributed by atoms with Crippen molar-refractivity contribution >= 4 is 5.97 Å². The standard InChI is InChI=1S/C33H66O3/c1-4-7-10-13-16-18-24-31(25-19-17-14-11-8-5-2)26-23-30-36-33(35)29-22-21-28-32(34)27-20-15-12-9-6-3/h31-32,34H,4-30H2,1-3H3. The van der Waals surface area contributed by atoms with Crippen molar-refractivity contribution < 1.29 is 14.6 Å². The lowest BCUT2D eigenvalue weighted by atomic mass is 9.90. The Morgan fingerprint density at radius 3 is 1.42 bits per heavy atom. The van der Waals surface area contributed by atoms with Crippen LogP contribution in [0.3, 0.4) is 0 Å². The molecular formula is C33H66O3. The van der Waals surface area contributed by atoms with Crippen LogP contribution in [0.15, 0.2) is 0 Å². The number of aliphatic hydroxyl groups is 1. The second kappa shape index (κ2) is 29.0. The first-order valence-electron chi connectivity index (χ1n) is 16.5. The van der Waals surface area contributed by atoms with E-state index in [0.29, 0.717) is 13.0 Å². The average Bonchev–Trinajstić information content (AvgIpc) is 2.87. The minimum atomic E-state index is -0.196. The first-order chi connectivity index (χ1) is 17.6. The van der Waals surface area contributed by atoms with Crippen LogP contribution in [0, 0.1) is 5.92 Å². The maximum absolute atomic E-state index is 12.1. The van der Waals surface area contributed by atoms with E-state index >= 15 is 0 Å². The van der Waals surface area contributed by atoms with Crippen molar-refractivity contribution in [2.24, 2.45) is 5.92 Å². The van der Waals surface area contributed by atoms with Crippen LogP contribution < -0.4 is 0 Å². The van der Waals surface area contributed by atoms with E-state index in [2.05, 4.69) is 20.8 Å². The SMILES string of the molecule is CCCCCCCCC(CCCCCCCC)CCCOC(=O)CCCCC(O)CCCCCCC. The lowest BCUT2D eigenvalue weighted by Crippen LogP contribution is -2.09. The molecule has 1 unspecified atom stereocenters. The Kier molecular flexibility index (Phi) is 28.5. The molecule has 0 amide bonds. The van der Waals surface area contributed by atoms with Crippen molar-refractivity contribution in [3.05, 3.63) is 0 Å². The molecule has 3 nitrogen and oxygen atoms in total. The topological polar surface area (TPSA) is 46.5 Å². The second-order valence-corrected chi connectivity index (χ2v) is 11.4. The summed E-state index contributed by atoms with van der Waals surface area (Å²) in [5, 5.41) is 10.1. The van der Waals surface area contributed by atoms with Crippen molar-refractivity contribution in [1.82, 2.24) is 0 Å². The molecule has 0 saturated heterocycles. The molecule has 3 heteroatoms. The van der Waals surface area contributed by atoms with Crippen LogP contribution >= 0.6 is 0 Å². The third kappa shape index (κ3) is 26.5. The maximum Gasteiger partial charge on any atom is 0.305 e. The summed E-state index contributed by atoms with van der Waals surface area (Å²) < 4.78 is 5.54. The Labute approximate surface area is 226 Å². The normalized spacial score (nSPS) is 12.4. The molecular weight excluding hydrogens is 444 g/mol. The van der Waals surface area contributed by atoms with Crippen LogP contribution in [0.1, 0.15) is 188 Å². The Morgan fingerprint density at radius 1 is 0.528 bits per heavy atom. The van der Waals surface area contributed by atoms with Crippen LogP contribution in [0.25, 0.3) is 0 Å². The molecule has 0 aliphatic rings. The number of unbranched alkanes of at least 4 members (excludes halogenated alkanes) is 15. The van der Waals surface area contributed by atoms with Crippen LogP contribution in [-0.2, 0) is 9.53 Å². The highest BCUT2D eigenvalue weighted by atomic mass is 16.5. The highest BCUT2D eigenvalue weighted by Gasteiger charge is 2.10.